The first kappa shape index (κ1) is 19.6. The molecule has 1 aromatic heterocycles. The first-order valence-corrected chi connectivity index (χ1v) is 8.90. The molecule has 0 fully saturated rings. The maximum Gasteiger partial charge on any atom is 0.274 e. The smallest absolute Gasteiger partial charge is 0.274 e. The summed E-state index contributed by atoms with van der Waals surface area (Å²) in [7, 11) is 0. The third kappa shape index (κ3) is 5.15. The second kappa shape index (κ2) is 8.13. The molecule has 2 amide bonds. The van der Waals surface area contributed by atoms with Gasteiger partial charge in [-0.1, -0.05) is 45.9 Å². The summed E-state index contributed by atoms with van der Waals surface area (Å²) in [6.45, 7) is 10.3. The van der Waals surface area contributed by atoms with Crippen molar-refractivity contribution in [2.24, 2.45) is 0 Å². The summed E-state index contributed by atoms with van der Waals surface area (Å²) < 4.78 is 0. The van der Waals surface area contributed by atoms with Crippen LogP contribution in [0.25, 0.3) is 0 Å². The van der Waals surface area contributed by atoms with Crippen LogP contribution in [0.3, 0.4) is 0 Å². The molecule has 0 radical (unpaired) electrons. The third-order valence-electron chi connectivity index (χ3n) is 4.21. The van der Waals surface area contributed by atoms with Crippen molar-refractivity contribution in [3.63, 3.8) is 0 Å². The molecule has 0 saturated heterocycles. The van der Waals surface area contributed by atoms with Crippen molar-refractivity contribution in [2.45, 2.75) is 52.5 Å². The van der Waals surface area contributed by atoms with Gasteiger partial charge in [0.25, 0.3) is 11.8 Å². The van der Waals surface area contributed by atoms with Crippen molar-refractivity contribution in [1.29, 1.82) is 0 Å². The van der Waals surface area contributed by atoms with E-state index in [1.165, 1.54) is 5.56 Å². The van der Waals surface area contributed by atoms with Crippen LogP contribution in [0.1, 0.15) is 67.6 Å². The van der Waals surface area contributed by atoms with Crippen LogP contribution in [0.15, 0.2) is 42.5 Å². The highest BCUT2D eigenvalue weighted by Gasteiger charge is 2.15. The first-order valence-electron chi connectivity index (χ1n) is 8.90. The van der Waals surface area contributed by atoms with Crippen LogP contribution in [-0.2, 0) is 5.41 Å². The molecular weight excluding hydrogens is 326 g/mol. The van der Waals surface area contributed by atoms with Crippen LogP contribution in [0.2, 0.25) is 0 Å². The van der Waals surface area contributed by atoms with Gasteiger partial charge in [0.15, 0.2) is 0 Å². The lowest BCUT2D eigenvalue weighted by Gasteiger charge is -2.19. The highest BCUT2D eigenvalue weighted by molar-refractivity contribution is 6.03. The Morgan fingerprint density at radius 1 is 1.00 bits per heavy atom. The van der Waals surface area contributed by atoms with Crippen molar-refractivity contribution in [3.05, 3.63) is 59.4 Å². The number of rotatable bonds is 5. The Bertz CT molecular complexity index is 777. The van der Waals surface area contributed by atoms with Gasteiger partial charge in [0.2, 0.25) is 0 Å². The Balaban J connectivity index is 2.10. The number of hydrogen-bond acceptors (Lipinski definition) is 3. The topological polar surface area (TPSA) is 71.1 Å². The van der Waals surface area contributed by atoms with E-state index in [9.17, 15) is 9.59 Å². The zero-order valence-electron chi connectivity index (χ0n) is 16.1. The van der Waals surface area contributed by atoms with Crippen LogP contribution in [0.4, 0.5) is 5.69 Å². The molecule has 2 rings (SSSR count). The molecule has 1 heterocycles. The third-order valence-corrected chi connectivity index (χ3v) is 4.21. The molecule has 1 aromatic carbocycles. The molecule has 2 N–H and O–H groups in total. The molecule has 0 aliphatic rings. The Labute approximate surface area is 155 Å². The van der Waals surface area contributed by atoms with Gasteiger partial charge in [-0.25, -0.2) is 4.98 Å². The molecule has 5 nitrogen and oxygen atoms in total. The molecule has 0 spiro atoms. The highest BCUT2D eigenvalue weighted by Crippen LogP contribution is 2.23. The zero-order valence-corrected chi connectivity index (χ0v) is 16.1. The number of anilines is 1. The van der Waals surface area contributed by atoms with E-state index in [2.05, 4.69) is 36.4 Å². The standard InChI is InChI=1S/C21H27N3O2/c1-6-14(2)22-19(25)17-8-7-9-18(24-17)20(26)23-16-12-10-15(11-13-16)21(3,4)5/h7-14H,6H2,1-5H3,(H,22,25)(H,23,26). The molecule has 1 unspecified atom stereocenters. The summed E-state index contributed by atoms with van der Waals surface area (Å²) in [5.41, 5.74) is 2.39. The Kier molecular flexibility index (Phi) is 6.14. The maximum absolute atomic E-state index is 12.4. The summed E-state index contributed by atoms with van der Waals surface area (Å²) >= 11 is 0. The van der Waals surface area contributed by atoms with E-state index in [0.29, 0.717) is 5.69 Å². The number of benzene rings is 1. The molecule has 0 saturated carbocycles. The summed E-state index contributed by atoms with van der Waals surface area (Å²) in [5, 5.41) is 5.67. The van der Waals surface area contributed by atoms with E-state index in [4.69, 9.17) is 0 Å². The number of carbonyl (C=O) groups excluding carboxylic acids is 2. The van der Waals surface area contributed by atoms with Gasteiger partial charge in [0, 0.05) is 11.7 Å². The van der Waals surface area contributed by atoms with E-state index < -0.39 is 0 Å². The van der Waals surface area contributed by atoms with E-state index >= 15 is 0 Å². The number of amides is 2. The van der Waals surface area contributed by atoms with Gasteiger partial charge in [-0.15, -0.1) is 0 Å². The molecule has 0 aliphatic heterocycles. The maximum atomic E-state index is 12.4. The van der Waals surface area contributed by atoms with Crippen LogP contribution >= 0.6 is 0 Å². The minimum absolute atomic E-state index is 0.0570. The Morgan fingerprint density at radius 2 is 1.58 bits per heavy atom. The largest absolute Gasteiger partial charge is 0.348 e. The highest BCUT2D eigenvalue weighted by atomic mass is 16.2. The monoisotopic (exact) mass is 353 g/mol. The second-order valence-electron chi connectivity index (χ2n) is 7.47. The molecule has 0 aliphatic carbocycles. The Hall–Kier alpha value is -2.69. The molecule has 5 heteroatoms. The van der Waals surface area contributed by atoms with Gasteiger partial charge in [-0.3, -0.25) is 9.59 Å². The van der Waals surface area contributed by atoms with E-state index in [1.807, 2.05) is 38.1 Å². The number of hydrogen-bond donors (Lipinski definition) is 2. The zero-order chi connectivity index (χ0) is 19.3. The van der Waals surface area contributed by atoms with Crippen molar-refractivity contribution in [1.82, 2.24) is 10.3 Å². The number of nitrogens with zero attached hydrogens (tertiary/aromatic N) is 1. The predicted octanol–water partition coefficient (Wildman–Crippen LogP) is 4.16. The lowest BCUT2D eigenvalue weighted by atomic mass is 9.87. The van der Waals surface area contributed by atoms with E-state index in [1.54, 1.807) is 18.2 Å². The van der Waals surface area contributed by atoms with Crippen molar-refractivity contribution < 1.29 is 9.59 Å². The molecule has 26 heavy (non-hydrogen) atoms. The van der Waals surface area contributed by atoms with Crippen molar-refractivity contribution in [3.8, 4) is 0 Å². The summed E-state index contributed by atoms with van der Waals surface area (Å²) in [4.78, 5) is 28.8. The number of pyridine rings is 1. The minimum Gasteiger partial charge on any atom is -0.348 e. The summed E-state index contributed by atoms with van der Waals surface area (Å²) in [6, 6.07) is 12.7. The van der Waals surface area contributed by atoms with E-state index in [0.717, 1.165) is 6.42 Å². The van der Waals surface area contributed by atoms with Gasteiger partial charge in [0.1, 0.15) is 11.4 Å². The Morgan fingerprint density at radius 3 is 2.12 bits per heavy atom. The lowest BCUT2D eigenvalue weighted by Crippen LogP contribution is -2.32. The van der Waals surface area contributed by atoms with Crippen LogP contribution in [0.5, 0.6) is 0 Å². The number of carbonyl (C=O) groups is 2. The molecule has 2 aromatic rings. The van der Waals surface area contributed by atoms with Gasteiger partial charge in [-0.2, -0.15) is 0 Å². The average Bonchev–Trinajstić information content (AvgIpc) is 2.61. The molecular formula is C21H27N3O2. The first-order chi connectivity index (χ1) is 12.2. The molecule has 0 bridgehead atoms. The fourth-order valence-electron chi connectivity index (χ4n) is 2.34. The number of aromatic nitrogens is 1. The van der Waals surface area contributed by atoms with Crippen LogP contribution in [0, 0.1) is 0 Å². The average molecular weight is 353 g/mol. The minimum atomic E-state index is -0.341. The predicted molar refractivity (Wildman–Crippen MR) is 105 cm³/mol. The quantitative estimate of drug-likeness (QED) is 0.848. The fourth-order valence-corrected chi connectivity index (χ4v) is 2.34. The van der Waals surface area contributed by atoms with Gasteiger partial charge >= 0.3 is 0 Å². The molecule has 1 atom stereocenters. The second-order valence-corrected chi connectivity index (χ2v) is 7.47. The molecule has 138 valence electrons. The van der Waals surface area contributed by atoms with E-state index in [-0.39, 0.29) is 34.7 Å². The van der Waals surface area contributed by atoms with Gasteiger partial charge in [0.05, 0.1) is 0 Å². The fraction of sp³-hybridized carbons (Fsp3) is 0.381. The van der Waals surface area contributed by atoms with Crippen molar-refractivity contribution >= 4 is 17.5 Å². The van der Waals surface area contributed by atoms with Gasteiger partial charge in [-0.05, 0) is 48.6 Å². The number of nitrogens with one attached hydrogen (secondary N) is 2. The normalized spacial score (nSPS) is 12.3. The van der Waals surface area contributed by atoms with Crippen molar-refractivity contribution in [2.75, 3.05) is 5.32 Å². The van der Waals surface area contributed by atoms with Crippen LogP contribution in [-0.4, -0.2) is 22.8 Å². The lowest BCUT2D eigenvalue weighted by molar-refractivity contribution is 0.0934. The summed E-state index contributed by atoms with van der Waals surface area (Å²) in [6.07, 6.45) is 0.830. The van der Waals surface area contributed by atoms with Gasteiger partial charge < -0.3 is 10.6 Å². The SMILES string of the molecule is CCC(C)NC(=O)c1cccc(C(=O)Nc2ccc(C(C)(C)C)cc2)n1. The van der Waals surface area contributed by atoms with Crippen LogP contribution < -0.4 is 10.6 Å². The summed E-state index contributed by atoms with van der Waals surface area (Å²) in [5.74, 6) is -0.616.